The van der Waals surface area contributed by atoms with E-state index < -0.39 is 27.9 Å². The van der Waals surface area contributed by atoms with E-state index in [1.165, 1.54) is 6.92 Å². The van der Waals surface area contributed by atoms with Gasteiger partial charge in [0.15, 0.2) is 0 Å². The number of nitrogens with zero attached hydrogens (tertiary/aromatic N) is 2. The highest BCUT2D eigenvalue weighted by Gasteiger charge is 2.63. The lowest BCUT2D eigenvalue weighted by molar-refractivity contribution is -0.149. The molecule has 0 radical (unpaired) electrons. The summed E-state index contributed by atoms with van der Waals surface area (Å²) in [4.78, 5) is 43.3. The summed E-state index contributed by atoms with van der Waals surface area (Å²) >= 11 is 0. The van der Waals surface area contributed by atoms with E-state index in [2.05, 4.69) is 5.32 Å². The Morgan fingerprint density at radius 1 is 1.03 bits per heavy atom. The van der Waals surface area contributed by atoms with E-state index in [1.807, 2.05) is 69.2 Å². The number of fused-ring (bicyclic) bond motifs is 1. The monoisotopic (exact) mass is 549 g/mol. The van der Waals surface area contributed by atoms with Gasteiger partial charge in [0, 0.05) is 32.6 Å². The zero-order valence-electron chi connectivity index (χ0n) is 26.4. The number of hydrogen-bond acceptors (Lipinski definition) is 6. The van der Waals surface area contributed by atoms with E-state index in [4.69, 9.17) is 14.0 Å². The van der Waals surface area contributed by atoms with Crippen molar-refractivity contribution in [3.05, 3.63) is 0 Å². The molecule has 0 aromatic carbocycles. The van der Waals surface area contributed by atoms with Gasteiger partial charge in [-0.15, -0.1) is 0 Å². The van der Waals surface area contributed by atoms with E-state index in [0.29, 0.717) is 32.3 Å². The summed E-state index contributed by atoms with van der Waals surface area (Å²) in [5.41, 5.74) is -2.83. The van der Waals surface area contributed by atoms with Crippen LogP contribution in [-0.4, -0.2) is 82.8 Å². The van der Waals surface area contributed by atoms with Crippen molar-refractivity contribution in [2.45, 2.75) is 130 Å². The van der Waals surface area contributed by atoms with Crippen molar-refractivity contribution in [2.75, 3.05) is 20.1 Å². The van der Waals surface area contributed by atoms with Crippen LogP contribution in [0.2, 0.25) is 6.32 Å². The van der Waals surface area contributed by atoms with Gasteiger partial charge in [0.1, 0.15) is 11.1 Å². The van der Waals surface area contributed by atoms with Crippen molar-refractivity contribution in [1.29, 1.82) is 0 Å². The molecule has 10 heteroatoms. The average molecular weight is 550 g/mol. The van der Waals surface area contributed by atoms with Gasteiger partial charge in [0.2, 0.25) is 11.8 Å². The maximum atomic E-state index is 14.1. The molecule has 2 aliphatic heterocycles. The number of carbonyl (C=O) groups excluding carboxylic acids is 3. The lowest BCUT2D eigenvalue weighted by atomic mass is 9.74. The molecule has 0 unspecified atom stereocenters. The zero-order chi connectivity index (χ0) is 29.8. The van der Waals surface area contributed by atoms with Crippen LogP contribution in [0.4, 0.5) is 4.79 Å². The molecule has 0 aromatic heterocycles. The first-order valence-electron chi connectivity index (χ1n) is 14.5. The number of likely N-dealkylation sites (tertiary alicyclic amines) is 1. The van der Waals surface area contributed by atoms with Gasteiger partial charge in [-0.05, 0) is 106 Å². The number of amides is 3. The highest BCUT2D eigenvalue weighted by molar-refractivity contribution is 6.45. The lowest BCUT2D eigenvalue weighted by Crippen LogP contribution is -2.64. The van der Waals surface area contributed by atoms with Crippen molar-refractivity contribution in [2.24, 2.45) is 17.8 Å². The minimum atomic E-state index is -0.996. The molecular weight excluding hydrogens is 497 g/mol. The van der Waals surface area contributed by atoms with Gasteiger partial charge >= 0.3 is 13.2 Å². The van der Waals surface area contributed by atoms with E-state index in [9.17, 15) is 14.4 Å². The van der Waals surface area contributed by atoms with Gasteiger partial charge in [-0.3, -0.25) is 9.59 Å². The summed E-state index contributed by atoms with van der Waals surface area (Å²) < 4.78 is 18.1. The highest BCUT2D eigenvalue weighted by atomic mass is 16.7. The van der Waals surface area contributed by atoms with Crippen LogP contribution >= 0.6 is 0 Å². The molecule has 39 heavy (non-hydrogen) atoms. The van der Waals surface area contributed by atoms with Crippen LogP contribution in [0.5, 0.6) is 0 Å². The van der Waals surface area contributed by atoms with Crippen molar-refractivity contribution < 1.29 is 28.4 Å². The fourth-order valence-electron chi connectivity index (χ4n) is 6.52. The van der Waals surface area contributed by atoms with Crippen molar-refractivity contribution in [1.82, 2.24) is 15.1 Å². The van der Waals surface area contributed by atoms with E-state index in [1.54, 1.807) is 16.8 Å². The summed E-state index contributed by atoms with van der Waals surface area (Å²) in [7, 11) is 1.43. The normalized spacial score (nSPS) is 29.8. The lowest BCUT2D eigenvalue weighted by Gasteiger charge is -2.45. The van der Waals surface area contributed by atoms with E-state index in [0.717, 1.165) is 6.42 Å². The Hall–Kier alpha value is -1.81. The third-order valence-electron chi connectivity index (χ3n) is 9.06. The second-order valence-corrected chi connectivity index (χ2v) is 14.9. The second-order valence-electron chi connectivity index (χ2n) is 14.9. The number of ether oxygens (including phenoxy) is 1. The number of nitrogens with one attached hydrogen (secondary N) is 1. The third-order valence-corrected chi connectivity index (χ3v) is 9.06. The standard InChI is InChI=1S/C29H52BN3O6/c1-19(34)32(12)29(23(35)31-25(2,3)4)16-20-17-33(24(36)37-26(5,6)7)18-21(20)22(29)14-13-15-30-38-27(8,9)28(10,11)39-30/h20-22H,13-18H2,1-12H3,(H,31,35)/t20-,21+,22-,29-/m0/s1. The minimum absolute atomic E-state index is 0.0725. The summed E-state index contributed by atoms with van der Waals surface area (Å²) in [5.74, 6) is -0.227. The van der Waals surface area contributed by atoms with Gasteiger partial charge in [-0.2, -0.15) is 0 Å². The summed E-state index contributed by atoms with van der Waals surface area (Å²) in [6.45, 7) is 22.2. The molecule has 222 valence electrons. The van der Waals surface area contributed by atoms with Crippen LogP contribution in [0.1, 0.15) is 95.4 Å². The summed E-state index contributed by atoms with van der Waals surface area (Å²) in [6.07, 6.45) is 2.36. The Kier molecular flexibility index (Phi) is 8.58. The Balaban J connectivity index is 1.89. The minimum Gasteiger partial charge on any atom is -0.444 e. The number of carbonyl (C=O) groups is 3. The number of rotatable bonds is 6. The predicted octanol–water partition coefficient (Wildman–Crippen LogP) is 4.49. The van der Waals surface area contributed by atoms with Crippen LogP contribution < -0.4 is 5.32 Å². The van der Waals surface area contributed by atoms with Gasteiger partial charge in [-0.1, -0.05) is 6.42 Å². The van der Waals surface area contributed by atoms with Gasteiger partial charge in [-0.25, -0.2) is 4.79 Å². The molecule has 2 heterocycles. The van der Waals surface area contributed by atoms with Gasteiger partial charge < -0.3 is 29.2 Å². The van der Waals surface area contributed by atoms with Crippen molar-refractivity contribution in [3.63, 3.8) is 0 Å². The second kappa shape index (κ2) is 10.5. The Bertz CT molecular complexity index is 940. The topological polar surface area (TPSA) is 97.4 Å². The SMILES string of the molecule is CC(=O)N(C)[C@@]1(C(=O)NC(C)(C)C)C[C@H]2CN(C(=O)OC(C)(C)C)C[C@H]2[C@@H]1CCCB1OC(C)(C)C(C)(C)O1. The molecule has 3 fully saturated rings. The first kappa shape index (κ1) is 31.7. The van der Waals surface area contributed by atoms with Crippen LogP contribution in [0.25, 0.3) is 0 Å². The molecule has 2 saturated heterocycles. The highest BCUT2D eigenvalue weighted by Crippen LogP contribution is 2.53. The quantitative estimate of drug-likeness (QED) is 0.491. The fourth-order valence-corrected chi connectivity index (χ4v) is 6.52. The fraction of sp³-hybridized carbons (Fsp3) is 0.897. The maximum absolute atomic E-state index is 14.1. The van der Waals surface area contributed by atoms with Gasteiger partial charge in [0.25, 0.3) is 0 Å². The largest absolute Gasteiger partial charge is 0.457 e. The Labute approximate surface area is 236 Å². The summed E-state index contributed by atoms with van der Waals surface area (Å²) in [6, 6.07) is 0. The first-order chi connectivity index (χ1) is 17.6. The van der Waals surface area contributed by atoms with Crippen LogP contribution in [0.15, 0.2) is 0 Å². The molecule has 3 rings (SSSR count). The molecule has 4 atom stereocenters. The molecule has 0 aromatic rings. The van der Waals surface area contributed by atoms with Crippen molar-refractivity contribution in [3.8, 4) is 0 Å². The van der Waals surface area contributed by atoms with Crippen LogP contribution in [0.3, 0.4) is 0 Å². The molecule has 3 amide bonds. The molecule has 9 nitrogen and oxygen atoms in total. The van der Waals surface area contributed by atoms with Crippen molar-refractivity contribution >= 4 is 25.0 Å². The molecule has 1 N–H and O–H groups in total. The number of likely N-dealkylation sites (N-methyl/N-ethyl adjacent to an activating group) is 1. The molecular formula is C29H52BN3O6. The zero-order valence-corrected chi connectivity index (χ0v) is 26.4. The third kappa shape index (κ3) is 6.58. The molecule has 3 aliphatic rings. The van der Waals surface area contributed by atoms with Crippen LogP contribution in [0, 0.1) is 17.8 Å². The maximum Gasteiger partial charge on any atom is 0.457 e. The molecule has 0 bridgehead atoms. The predicted molar refractivity (Wildman–Crippen MR) is 152 cm³/mol. The smallest absolute Gasteiger partial charge is 0.444 e. The first-order valence-corrected chi connectivity index (χ1v) is 14.5. The van der Waals surface area contributed by atoms with Crippen LogP contribution in [-0.2, 0) is 23.6 Å². The Morgan fingerprint density at radius 2 is 1.59 bits per heavy atom. The average Bonchev–Trinajstić information content (AvgIpc) is 3.33. The Morgan fingerprint density at radius 3 is 2.08 bits per heavy atom. The molecule has 0 spiro atoms. The van der Waals surface area contributed by atoms with Gasteiger partial charge in [0.05, 0.1) is 11.2 Å². The molecule has 1 saturated carbocycles. The summed E-state index contributed by atoms with van der Waals surface area (Å²) in [5, 5.41) is 3.19. The number of hydrogen-bond donors (Lipinski definition) is 1. The molecule has 1 aliphatic carbocycles. The van der Waals surface area contributed by atoms with E-state index >= 15 is 0 Å². The van der Waals surface area contributed by atoms with E-state index in [-0.39, 0.29) is 42.8 Å².